The predicted molar refractivity (Wildman–Crippen MR) is 140 cm³/mol. The highest BCUT2D eigenvalue weighted by Gasteiger charge is 2.32. The van der Waals surface area contributed by atoms with Crippen LogP contribution in [0.15, 0.2) is 64.8 Å². The van der Waals surface area contributed by atoms with Crippen molar-refractivity contribution in [2.75, 3.05) is 0 Å². The van der Waals surface area contributed by atoms with Gasteiger partial charge < -0.3 is 15.3 Å². The number of hydrogen-bond acceptors (Lipinski definition) is 5. The molecule has 202 valence electrons. The quantitative estimate of drug-likeness (QED) is 0.213. The Bertz CT molecular complexity index is 1610. The summed E-state index contributed by atoms with van der Waals surface area (Å²) in [5.41, 5.74) is -0.469. The number of aromatic hydroxyl groups is 2. The van der Waals surface area contributed by atoms with Crippen LogP contribution >= 0.6 is 11.6 Å². The van der Waals surface area contributed by atoms with Gasteiger partial charge in [-0.1, -0.05) is 36.9 Å². The number of hydrogen-bond donors (Lipinski definition) is 3. The Morgan fingerprint density at radius 1 is 0.974 bits per heavy atom. The van der Waals surface area contributed by atoms with E-state index in [1.807, 2.05) is 0 Å². The lowest BCUT2D eigenvalue weighted by Crippen LogP contribution is -2.05. The van der Waals surface area contributed by atoms with E-state index in [9.17, 15) is 33.3 Å². The number of carboxylic acids is 1. The first-order valence-corrected chi connectivity index (χ1v) is 12.6. The van der Waals surface area contributed by atoms with E-state index in [1.165, 1.54) is 30.3 Å². The summed E-state index contributed by atoms with van der Waals surface area (Å²) in [6.45, 7) is 0. The van der Waals surface area contributed by atoms with Crippen molar-refractivity contribution in [2.24, 2.45) is 10.2 Å². The average molecular weight is 558 g/mol. The Morgan fingerprint density at radius 2 is 1.72 bits per heavy atom. The van der Waals surface area contributed by atoms with Gasteiger partial charge in [-0.05, 0) is 67.3 Å². The highest BCUT2D eigenvalue weighted by molar-refractivity contribution is 6.31. The summed E-state index contributed by atoms with van der Waals surface area (Å²) in [6, 6.07) is 11.4. The molecule has 1 aliphatic rings. The third-order valence-electron chi connectivity index (χ3n) is 6.98. The number of halogens is 4. The molecule has 11 heteroatoms. The number of phenols is 1. The first-order valence-electron chi connectivity index (χ1n) is 12.3. The molecule has 4 aromatic rings. The fourth-order valence-electron chi connectivity index (χ4n) is 5.08. The van der Waals surface area contributed by atoms with Crippen molar-refractivity contribution in [1.82, 2.24) is 4.57 Å². The van der Waals surface area contributed by atoms with Gasteiger partial charge in [0.25, 0.3) is 0 Å². The maximum absolute atomic E-state index is 13.5. The molecular weight excluding hydrogens is 535 g/mol. The monoisotopic (exact) mass is 557 g/mol. The molecule has 1 aliphatic carbocycles. The van der Waals surface area contributed by atoms with Crippen molar-refractivity contribution >= 4 is 39.8 Å². The zero-order chi connectivity index (χ0) is 27.9. The van der Waals surface area contributed by atoms with Gasteiger partial charge in [0.1, 0.15) is 11.4 Å². The van der Waals surface area contributed by atoms with Crippen molar-refractivity contribution in [3.05, 3.63) is 76.3 Å². The normalized spacial score (nSPS) is 14.9. The van der Waals surface area contributed by atoms with E-state index >= 15 is 0 Å². The number of nitrogens with zero attached hydrogens (tertiary/aromatic N) is 3. The lowest BCUT2D eigenvalue weighted by atomic mass is 9.83. The summed E-state index contributed by atoms with van der Waals surface area (Å²) < 4.78 is 41.7. The fourth-order valence-corrected chi connectivity index (χ4v) is 5.30. The van der Waals surface area contributed by atoms with Crippen LogP contribution < -0.4 is 0 Å². The van der Waals surface area contributed by atoms with Crippen LogP contribution in [0.2, 0.25) is 5.02 Å². The number of azo groups is 1. The largest absolute Gasteiger partial charge is 0.505 e. The van der Waals surface area contributed by atoms with E-state index in [1.54, 1.807) is 6.07 Å². The Balaban J connectivity index is 1.66. The second-order valence-corrected chi connectivity index (χ2v) is 9.93. The molecule has 3 N–H and O–H groups in total. The number of rotatable bonds is 5. The molecule has 0 amide bonds. The zero-order valence-electron chi connectivity index (χ0n) is 20.4. The number of carbonyl (C=O) groups is 1. The lowest BCUT2D eigenvalue weighted by Gasteiger charge is -2.23. The molecule has 0 radical (unpaired) electrons. The van der Waals surface area contributed by atoms with E-state index in [0.29, 0.717) is 10.6 Å². The molecule has 39 heavy (non-hydrogen) atoms. The van der Waals surface area contributed by atoms with E-state index in [0.717, 1.165) is 54.9 Å². The summed E-state index contributed by atoms with van der Waals surface area (Å²) in [6.07, 6.45) is 0.323. The van der Waals surface area contributed by atoms with Crippen LogP contribution in [0.1, 0.15) is 59.5 Å². The van der Waals surface area contributed by atoms with Crippen LogP contribution in [-0.4, -0.2) is 25.9 Å². The van der Waals surface area contributed by atoms with Crippen LogP contribution in [0.25, 0.3) is 16.6 Å². The number of benzene rings is 3. The van der Waals surface area contributed by atoms with Gasteiger partial charge >= 0.3 is 12.1 Å². The Hall–Kier alpha value is -4.05. The molecule has 0 atom stereocenters. The van der Waals surface area contributed by atoms with Gasteiger partial charge in [-0.2, -0.15) is 13.2 Å². The third kappa shape index (κ3) is 5.16. The number of alkyl halides is 3. The second-order valence-electron chi connectivity index (χ2n) is 9.49. The average Bonchev–Trinajstić information content (AvgIpc) is 3.19. The van der Waals surface area contributed by atoms with Crippen molar-refractivity contribution in [1.29, 1.82) is 0 Å². The topological polar surface area (TPSA) is 107 Å². The molecule has 1 fully saturated rings. The minimum atomic E-state index is -4.66. The van der Waals surface area contributed by atoms with Gasteiger partial charge in [0.2, 0.25) is 5.88 Å². The van der Waals surface area contributed by atoms with Crippen LogP contribution in [0, 0.1) is 0 Å². The van der Waals surface area contributed by atoms with E-state index in [4.69, 9.17) is 11.6 Å². The SMILES string of the molecule is O=C(O)c1cccc(-n2c(O)c(N=Nc3cc(Cl)cc(C4CCCCC4)c3O)c3ccc(C(F)(F)F)cc32)c1. The minimum absolute atomic E-state index is 0.0583. The maximum Gasteiger partial charge on any atom is 0.416 e. The van der Waals surface area contributed by atoms with E-state index < -0.39 is 23.6 Å². The predicted octanol–water partition coefficient (Wildman–Crippen LogP) is 8.88. The van der Waals surface area contributed by atoms with E-state index in [-0.39, 0.29) is 45.2 Å². The van der Waals surface area contributed by atoms with Gasteiger partial charge in [-0.25, -0.2) is 4.79 Å². The summed E-state index contributed by atoms with van der Waals surface area (Å²) in [7, 11) is 0. The first-order chi connectivity index (χ1) is 18.5. The molecule has 0 spiro atoms. The lowest BCUT2D eigenvalue weighted by molar-refractivity contribution is -0.137. The van der Waals surface area contributed by atoms with Crippen molar-refractivity contribution < 1.29 is 33.3 Å². The van der Waals surface area contributed by atoms with Gasteiger partial charge in [0, 0.05) is 21.7 Å². The standard InChI is InChI=1S/C28H23ClF3N3O4/c29-18-13-21(15-5-2-1-3-6-15)25(36)22(14-18)33-34-24-20-10-9-17(28(30,31)32)12-23(20)35(26(24)37)19-8-4-7-16(11-19)27(38)39/h4,7-15,36-37H,1-3,5-6H2,(H,38,39). The molecule has 1 saturated carbocycles. The van der Waals surface area contributed by atoms with Gasteiger partial charge in [0.05, 0.1) is 16.6 Å². The van der Waals surface area contributed by atoms with Gasteiger partial charge in [-0.15, -0.1) is 10.2 Å². The molecular formula is C28H23ClF3N3O4. The summed E-state index contributed by atoms with van der Waals surface area (Å²) >= 11 is 6.31. The van der Waals surface area contributed by atoms with Crippen LogP contribution in [0.4, 0.5) is 24.5 Å². The molecule has 3 aromatic carbocycles. The molecule has 0 unspecified atom stereocenters. The highest BCUT2D eigenvalue weighted by Crippen LogP contribution is 2.46. The van der Waals surface area contributed by atoms with Crippen molar-refractivity contribution in [3.8, 4) is 17.3 Å². The number of fused-ring (bicyclic) bond motifs is 1. The second kappa shape index (κ2) is 10.3. The fraction of sp³-hybridized carbons (Fsp3) is 0.250. The Labute approximate surface area is 225 Å². The minimum Gasteiger partial charge on any atom is -0.505 e. The number of phenolic OH excluding ortho intramolecular Hbond substituents is 1. The van der Waals surface area contributed by atoms with Gasteiger partial charge in [-0.3, -0.25) is 4.57 Å². The molecule has 7 nitrogen and oxygen atoms in total. The molecule has 0 saturated heterocycles. The number of aromatic carboxylic acids is 1. The molecule has 0 aliphatic heterocycles. The third-order valence-corrected chi connectivity index (χ3v) is 7.20. The summed E-state index contributed by atoms with van der Waals surface area (Å²) in [5.74, 6) is -1.77. The zero-order valence-corrected chi connectivity index (χ0v) is 21.2. The summed E-state index contributed by atoms with van der Waals surface area (Å²) in [4.78, 5) is 11.5. The Morgan fingerprint density at radius 3 is 2.41 bits per heavy atom. The van der Waals surface area contributed by atoms with Crippen molar-refractivity contribution in [3.63, 3.8) is 0 Å². The smallest absolute Gasteiger partial charge is 0.416 e. The van der Waals surface area contributed by atoms with Crippen molar-refractivity contribution in [2.45, 2.75) is 44.2 Å². The summed E-state index contributed by atoms with van der Waals surface area (Å²) in [5, 5.41) is 40.2. The molecule has 1 heterocycles. The van der Waals surface area contributed by atoms with Crippen LogP contribution in [0.5, 0.6) is 11.6 Å². The molecule has 1 aromatic heterocycles. The number of carboxylic acid groups (broad SMARTS) is 1. The first kappa shape index (κ1) is 26.6. The van der Waals surface area contributed by atoms with Crippen LogP contribution in [0.3, 0.4) is 0 Å². The number of aromatic nitrogens is 1. The van der Waals surface area contributed by atoms with Crippen LogP contribution in [-0.2, 0) is 6.18 Å². The maximum atomic E-state index is 13.5. The molecule has 0 bridgehead atoms. The Kier molecular flexibility index (Phi) is 6.98. The molecule has 5 rings (SSSR count). The highest BCUT2D eigenvalue weighted by atomic mass is 35.5. The van der Waals surface area contributed by atoms with E-state index in [2.05, 4.69) is 10.2 Å². The van der Waals surface area contributed by atoms with Gasteiger partial charge in [0.15, 0.2) is 5.69 Å².